The Kier molecular flexibility index (Phi) is 13.1. The molecule has 2 rings (SSSR count). The smallest absolute Gasteiger partial charge is 0.143 e. The van der Waals surface area contributed by atoms with Crippen LogP contribution in [-0.4, -0.2) is 32.5 Å². The van der Waals surface area contributed by atoms with Gasteiger partial charge in [-0.3, -0.25) is 4.79 Å². The van der Waals surface area contributed by atoms with E-state index in [-0.39, 0.29) is 0 Å². The first-order valence-electron chi connectivity index (χ1n) is 13.5. The second kappa shape index (κ2) is 16.1. The van der Waals surface area contributed by atoms with Gasteiger partial charge >= 0.3 is 0 Å². The first kappa shape index (κ1) is 27.7. The normalized spacial score (nSPS) is 10.7. The number of allylic oxidation sites excluding steroid dienone is 1. The number of nitrogens with zero attached hydrogens (tertiary/aromatic N) is 2. The third-order valence-corrected chi connectivity index (χ3v) is 6.45. The summed E-state index contributed by atoms with van der Waals surface area (Å²) in [5.74, 6) is 0. The number of aldehydes is 1. The molecule has 0 aromatic heterocycles. The monoisotopic (exact) mass is 462 g/mol. The van der Waals surface area contributed by atoms with E-state index in [9.17, 15) is 4.79 Å². The van der Waals surface area contributed by atoms with Gasteiger partial charge < -0.3 is 9.80 Å². The van der Waals surface area contributed by atoms with Crippen LogP contribution >= 0.6 is 0 Å². The van der Waals surface area contributed by atoms with Gasteiger partial charge in [0.1, 0.15) is 6.29 Å². The van der Waals surface area contributed by atoms with Crippen molar-refractivity contribution in [2.24, 2.45) is 0 Å². The summed E-state index contributed by atoms with van der Waals surface area (Å²) < 4.78 is 0. The van der Waals surface area contributed by atoms with Gasteiger partial charge in [0, 0.05) is 37.6 Å². The van der Waals surface area contributed by atoms with Crippen LogP contribution in [0.3, 0.4) is 0 Å². The van der Waals surface area contributed by atoms with Crippen molar-refractivity contribution < 1.29 is 4.79 Å². The van der Waals surface area contributed by atoms with E-state index in [4.69, 9.17) is 0 Å². The van der Waals surface area contributed by atoms with Crippen LogP contribution in [0.5, 0.6) is 0 Å². The number of unbranched alkanes of at least 4 members (excludes halogenated alkanes) is 4. The molecule has 0 atom stereocenters. The largest absolute Gasteiger partial charge is 0.372 e. The van der Waals surface area contributed by atoms with Gasteiger partial charge in [-0.15, -0.1) is 0 Å². The summed E-state index contributed by atoms with van der Waals surface area (Å²) in [6.45, 7) is 13.4. The van der Waals surface area contributed by atoms with Gasteiger partial charge in [0.15, 0.2) is 0 Å². The minimum absolute atomic E-state index is 0.904. The van der Waals surface area contributed by atoms with Crippen LogP contribution in [0.25, 0.3) is 5.57 Å². The Morgan fingerprint density at radius 2 is 0.912 bits per heavy atom. The Bertz CT molecular complexity index is 757. The SMILES string of the molecule is CCCCN(CCCC)c1ccc(C(=CC=O)c2ccc(N(CCCC)CCCC)cc2)cc1. The average molecular weight is 463 g/mol. The molecule has 2 aromatic carbocycles. The summed E-state index contributed by atoms with van der Waals surface area (Å²) in [7, 11) is 0. The molecule has 3 heteroatoms. The number of anilines is 2. The number of hydrogen-bond acceptors (Lipinski definition) is 3. The molecule has 0 aliphatic carbocycles. The van der Waals surface area contributed by atoms with Crippen molar-refractivity contribution in [3.05, 3.63) is 65.7 Å². The fourth-order valence-electron chi connectivity index (χ4n) is 4.27. The van der Waals surface area contributed by atoms with Crippen LogP contribution in [0.4, 0.5) is 11.4 Å². The maximum absolute atomic E-state index is 11.5. The third kappa shape index (κ3) is 8.66. The van der Waals surface area contributed by atoms with Crippen molar-refractivity contribution in [3.63, 3.8) is 0 Å². The van der Waals surface area contributed by atoms with Crippen molar-refractivity contribution in [2.75, 3.05) is 36.0 Å². The lowest BCUT2D eigenvalue weighted by atomic mass is 9.97. The van der Waals surface area contributed by atoms with Crippen LogP contribution in [0.15, 0.2) is 54.6 Å². The molecule has 34 heavy (non-hydrogen) atoms. The van der Waals surface area contributed by atoms with Crippen LogP contribution in [0.1, 0.15) is 90.2 Å². The Morgan fingerprint density at radius 1 is 0.588 bits per heavy atom. The van der Waals surface area contributed by atoms with E-state index in [0.717, 1.165) is 49.2 Å². The molecule has 0 bridgehead atoms. The van der Waals surface area contributed by atoms with Gasteiger partial charge in [-0.2, -0.15) is 0 Å². The van der Waals surface area contributed by atoms with Gasteiger partial charge in [0.2, 0.25) is 0 Å². The highest BCUT2D eigenvalue weighted by Crippen LogP contribution is 2.28. The summed E-state index contributed by atoms with van der Waals surface area (Å²) >= 11 is 0. The molecular weight excluding hydrogens is 416 g/mol. The van der Waals surface area contributed by atoms with Crippen LogP contribution in [-0.2, 0) is 4.79 Å². The molecule has 0 fully saturated rings. The number of rotatable bonds is 17. The molecule has 0 spiro atoms. The zero-order chi connectivity index (χ0) is 24.6. The summed E-state index contributed by atoms with van der Waals surface area (Å²) in [5, 5.41) is 0. The molecule has 0 N–H and O–H groups in total. The van der Waals surface area contributed by atoms with Crippen molar-refractivity contribution in [2.45, 2.75) is 79.1 Å². The standard InChI is InChI=1S/C31H46N2O/c1-5-9-22-32(23-10-6-2)29-17-13-27(14-18-29)31(21-26-34)28-15-19-30(20-16-28)33(24-11-7-3)25-12-8-4/h13-21,26H,5-12,22-25H2,1-4H3. The predicted molar refractivity (Wildman–Crippen MR) is 150 cm³/mol. The Morgan fingerprint density at radius 3 is 1.18 bits per heavy atom. The maximum atomic E-state index is 11.5. The highest BCUT2D eigenvalue weighted by Gasteiger charge is 2.11. The molecule has 0 aliphatic heterocycles. The Labute approximate surface area is 208 Å². The zero-order valence-electron chi connectivity index (χ0n) is 22.1. The summed E-state index contributed by atoms with van der Waals surface area (Å²) in [6, 6.07) is 17.5. The number of benzene rings is 2. The summed E-state index contributed by atoms with van der Waals surface area (Å²) in [4.78, 5) is 16.5. The maximum Gasteiger partial charge on any atom is 0.143 e. The van der Waals surface area contributed by atoms with Crippen molar-refractivity contribution in [1.29, 1.82) is 0 Å². The van der Waals surface area contributed by atoms with Gasteiger partial charge in [-0.25, -0.2) is 0 Å². The highest BCUT2D eigenvalue weighted by molar-refractivity contribution is 5.90. The fraction of sp³-hybridized carbons (Fsp3) is 0.516. The van der Waals surface area contributed by atoms with Gasteiger partial charge in [-0.05, 0) is 72.7 Å². The molecule has 0 saturated carbocycles. The number of carbonyl (C=O) groups is 1. The lowest BCUT2D eigenvalue weighted by molar-refractivity contribution is -0.104. The Balaban J connectivity index is 2.23. The molecule has 186 valence electrons. The van der Waals surface area contributed by atoms with E-state index in [1.165, 1.54) is 62.7 Å². The van der Waals surface area contributed by atoms with E-state index >= 15 is 0 Å². The average Bonchev–Trinajstić information content (AvgIpc) is 2.88. The van der Waals surface area contributed by atoms with Crippen LogP contribution in [0, 0.1) is 0 Å². The van der Waals surface area contributed by atoms with E-state index < -0.39 is 0 Å². The quantitative estimate of drug-likeness (QED) is 0.175. The molecule has 0 radical (unpaired) electrons. The molecule has 2 aromatic rings. The minimum Gasteiger partial charge on any atom is -0.372 e. The van der Waals surface area contributed by atoms with Gasteiger partial charge in [0.05, 0.1) is 0 Å². The molecule has 0 heterocycles. The molecular formula is C31H46N2O. The third-order valence-electron chi connectivity index (χ3n) is 6.45. The van der Waals surface area contributed by atoms with Crippen molar-refractivity contribution in [3.8, 4) is 0 Å². The fourth-order valence-corrected chi connectivity index (χ4v) is 4.27. The number of hydrogen-bond donors (Lipinski definition) is 0. The van der Waals surface area contributed by atoms with Crippen molar-refractivity contribution in [1.82, 2.24) is 0 Å². The van der Waals surface area contributed by atoms with Gasteiger partial charge in [-0.1, -0.05) is 77.6 Å². The highest BCUT2D eigenvalue weighted by atomic mass is 16.1. The zero-order valence-corrected chi connectivity index (χ0v) is 22.1. The topological polar surface area (TPSA) is 23.6 Å². The van der Waals surface area contributed by atoms with E-state index in [1.54, 1.807) is 6.08 Å². The van der Waals surface area contributed by atoms with E-state index in [0.29, 0.717) is 0 Å². The second-order valence-electron chi connectivity index (χ2n) is 9.20. The van der Waals surface area contributed by atoms with Crippen molar-refractivity contribution >= 4 is 23.2 Å². The predicted octanol–water partition coefficient (Wildman–Crippen LogP) is 8.13. The van der Waals surface area contributed by atoms with E-state index in [1.807, 2.05) is 0 Å². The van der Waals surface area contributed by atoms with E-state index in [2.05, 4.69) is 86.0 Å². The molecule has 0 saturated heterocycles. The number of carbonyl (C=O) groups excluding carboxylic acids is 1. The second-order valence-corrected chi connectivity index (χ2v) is 9.20. The minimum atomic E-state index is 0.904. The summed E-state index contributed by atoms with van der Waals surface area (Å²) in [5.41, 5.74) is 5.70. The Hall–Kier alpha value is -2.55. The van der Waals surface area contributed by atoms with Crippen LogP contribution < -0.4 is 9.80 Å². The molecule has 3 nitrogen and oxygen atoms in total. The first-order chi connectivity index (χ1) is 16.7. The lowest BCUT2D eigenvalue weighted by Crippen LogP contribution is -2.25. The first-order valence-corrected chi connectivity index (χ1v) is 13.5. The lowest BCUT2D eigenvalue weighted by Gasteiger charge is -2.25. The molecule has 0 unspecified atom stereocenters. The molecule has 0 aliphatic rings. The van der Waals surface area contributed by atoms with Gasteiger partial charge in [0.25, 0.3) is 0 Å². The summed E-state index contributed by atoms with van der Waals surface area (Å²) in [6.07, 6.45) is 12.3. The van der Waals surface area contributed by atoms with Crippen LogP contribution in [0.2, 0.25) is 0 Å². The molecule has 0 amide bonds.